The van der Waals surface area contributed by atoms with Crippen LogP contribution in [0.4, 0.5) is 11.4 Å². The fourth-order valence-corrected chi connectivity index (χ4v) is 2.56. The third kappa shape index (κ3) is 2.44. The third-order valence-corrected chi connectivity index (χ3v) is 3.89. The number of carbonyl (C=O) groups is 2. The number of amides is 2. The highest BCUT2D eigenvalue weighted by molar-refractivity contribution is 6.20. The molecule has 0 radical (unpaired) electrons. The van der Waals surface area contributed by atoms with E-state index in [1.807, 2.05) is 0 Å². The summed E-state index contributed by atoms with van der Waals surface area (Å²) in [5.74, 6) is -0.571. The van der Waals surface area contributed by atoms with Gasteiger partial charge in [-0.05, 0) is 32.0 Å². The highest BCUT2D eigenvalue weighted by Gasteiger charge is 2.45. The Balaban J connectivity index is 2.64. The molecule has 1 aromatic rings. The first-order chi connectivity index (χ1) is 10.3. The van der Waals surface area contributed by atoms with Gasteiger partial charge >= 0.3 is 0 Å². The molecule has 0 aliphatic carbocycles. The number of benzene rings is 1. The average molecular weight is 301 g/mol. The van der Waals surface area contributed by atoms with Crippen molar-refractivity contribution in [3.63, 3.8) is 0 Å². The number of hydrogen-bond acceptors (Lipinski definition) is 4. The lowest BCUT2D eigenvalue weighted by molar-refractivity contribution is -0.137. The Bertz CT molecular complexity index is 661. The highest BCUT2D eigenvalue weighted by Crippen LogP contribution is 2.38. The molecule has 0 atom stereocenters. The number of anilines is 2. The predicted molar refractivity (Wildman–Crippen MR) is 82.6 cm³/mol. The maximum atomic E-state index is 12.8. The van der Waals surface area contributed by atoms with Crippen LogP contribution in [-0.4, -0.2) is 39.1 Å². The Hall–Kier alpha value is -2.39. The number of carbonyl (C=O) groups excluding carboxylic acids is 2. The van der Waals surface area contributed by atoms with Gasteiger partial charge in [0, 0.05) is 20.7 Å². The van der Waals surface area contributed by atoms with Crippen molar-refractivity contribution in [2.24, 2.45) is 5.41 Å². The van der Waals surface area contributed by atoms with Gasteiger partial charge in [-0.2, -0.15) is 5.26 Å². The van der Waals surface area contributed by atoms with Crippen molar-refractivity contribution in [3.8, 4) is 6.07 Å². The minimum absolute atomic E-state index is 0.273. The van der Waals surface area contributed by atoms with Gasteiger partial charge in [0.1, 0.15) is 5.41 Å². The first kappa shape index (κ1) is 16.0. The molecule has 0 unspecified atom stereocenters. The predicted octanol–water partition coefficient (Wildman–Crippen LogP) is 1.54. The lowest BCUT2D eigenvalue weighted by Gasteiger charge is -2.27. The fraction of sp³-hybridized carbons (Fsp3) is 0.438. The Morgan fingerprint density at radius 2 is 1.91 bits per heavy atom. The van der Waals surface area contributed by atoms with Crippen LogP contribution in [-0.2, 0) is 14.3 Å². The maximum Gasteiger partial charge on any atom is 0.242 e. The number of fused-ring (bicyclic) bond motifs is 1. The highest BCUT2D eigenvalue weighted by atomic mass is 16.5. The Morgan fingerprint density at radius 3 is 2.50 bits per heavy atom. The van der Waals surface area contributed by atoms with Gasteiger partial charge in [0.2, 0.25) is 11.8 Å². The molecule has 0 N–H and O–H groups in total. The maximum absolute atomic E-state index is 12.8. The molecule has 0 aromatic heterocycles. The summed E-state index contributed by atoms with van der Waals surface area (Å²) < 4.78 is 5.07. The summed E-state index contributed by atoms with van der Waals surface area (Å²) in [7, 11) is 3.18. The number of nitriles is 1. The van der Waals surface area contributed by atoms with Gasteiger partial charge in [-0.25, -0.2) is 0 Å². The monoisotopic (exact) mass is 301 g/mol. The van der Waals surface area contributed by atoms with Crippen LogP contribution < -0.4 is 9.80 Å². The Kier molecular flexibility index (Phi) is 4.20. The number of methoxy groups -OCH3 is 1. The first-order valence-corrected chi connectivity index (χ1v) is 6.97. The lowest BCUT2D eigenvalue weighted by Crippen LogP contribution is -2.48. The van der Waals surface area contributed by atoms with E-state index in [0.717, 1.165) is 0 Å². The minimum Gasteiger partial charge on any atom is -0.383 e. The third-order valence-electron chi connectivity index (χ3n) is 3.89. The first-order valence-electron chi connectivity index (χ1n) is 6.97. The van der Waals surface area contributed by atoms with Crippen LogP contribution in [0.25, 0.3) is 0 Å². The molecule has 1 aliphatic heterocycles. The number of ether oxygens (including phenoxy) is 1. The van der Waals surface area contributed by atoms with Crippen LogP contribution in [0.15, 0.2) is 18.2 Å². The molecule has 0 saturated carbocycles. The molecule has 1 aromatic carbocycles. The molecule has 1 aliphatic rings. The minimum atomic E-state index is -1.17. The Labute approximate surface area is 129 Å². The molecule has 0 saturated heterocycles. The van der Waals surface area contributed by atoms with Crippen LogP contribution in [0.3, 0.4) is 0 Å². The van der Waals surface area contributed by atoms with Crippen molar-refractivity contribution in [2.45, 2.75) is 13.8 Å². The molecule has 6 heteroatoms. The second kappa shape index (κ2) is 5.78. The van der Waals surface area contributed by atoms with Gasteiger partial charge in [-0.1, -0.05) is 0 Å². The normalized spacial score (nSPS) is 17.0. The quantitative estimate of drug-likeness (QED) is 0.794. The van der Waals surface area contributed by atoms with E-state index in [1.54, 1.807) is 51.1 Å². The van der Waals surface area contributed by atoms with Crippen molar-refractivity contribution >= 4 is 23.2 Å². The molecule has 0 fully saturated rings. The number of hydrogen-bond donors (Lipinski definition) is 0. The van der Waals surface area contributed by atoms with E-state index in [9.17, 15) is 9.59 Å². The molecular weight excluding hydrogens is 282 g/mol. The standard InChI is InChI=1S/C16H19N3O3/c1-16(2)14(20)18(3)13-9-11(10-17)5-6-12(13)19(15(16)21)7-8-22-4/h5-6,9H,7-8H2,1-4H3. The van der Waals surface area contributed by atoms with Gasteiger partial charge in [-0.3, -0.25) is 9.59 Å². The summed E-state index contributed by atoms with van der Waals surface area (Å²) in [6, 6.07) is 7.03. The molecule has 0 bridgehead atoms. The molecule has 6 nitrogen and oxygen atoms in total. The summed E-state index contributed by atoms with van der Waals surface area (Å²) in [5, 5.41) is 9.07. The SMILES string of the molecule is COCCN1C(=O)C(C)(C)C(=O)N(C)c2cc(C#N)ccc21. The molecule has 1 heterocycles. The smallest absolute Gasteiger partial charge is 0.242 e. The van der Waals surface area contributed by atoms with Gasteiger partial charge < -0.3 is 14.5 Å². The summed E-state index contributed by atoms with van der Waals surface area (Å²) in [6.07, 6.45) is 0. The topological polar surface area (TPSA) is 73.6 Å². The van der Waals surface area contributed by atoms with E-state index < -0.39 is 5.41 Å². The summed E-state index contributed by atoms with van der Waals surface area (Å²) in [5.41, 5.74) is 0.438. The van der Waals surface area contributed by atoms with E-state index >= 15 is 0 Å². The van der Waals surface area contributed by atoms with Gasteiger partial charge in [0.25, 0.3) is 0 Å². The molecule has 22 heavy (non-hydrogen) atoms. The average Bonchev–Trinajstić information content (AvgIpc) is 2.57. The summed E-state index contributed by atoms with van der Waals surface area (Å²) in [6.45, 7) is 3.94. The van der Waals surface area contributed by atoms with E-state index in [1.165, 1.54) is 4.90 Å². The van der Waals surface area contributed by atoms with Crippen LogP contribution in [0.2, 0.25) is 0 Å². The second-order valence-electron chi connectivity index (χ2n) is 5.75. The van der Waals surface area contributed by atoms with Gasteiger partial charge in [0.05, 0.1) is 29.6 Å². The number of nitrogens with zero attached hydrogens (tertiary/aromatic N) is 3. The van der Waals surface area contributed by atoms with Gasteiger partial charge in [-0.15, -0.1) is 0 Å². The zero-order valence-corrected chi connectivity index (χ0v) is 13.2. The summed E-state index contributed by atoms with van der Waals surface area (Å²) in [4.78, 5) is 28.4. The fourth-order valence-electron chi connectivity index (χ4n) is 2.56. The zero-order chi connectivity index (χ0) is 16.5. The lowest BCUT2D eigenvalue weighted by atomic mass is 9.90. The van der Waals surface area contributed by atoms with E-state index in [2.05, 4.69) is 6.07 Å². The largest absolute Gasteiger partial charge is 0.383 e. The van der Waals surface area contributed by atoms with Crippen molar-refractivity contribution in [1.82, 2.24) is 0 Å². The molecular formula is C16H19N3O3. The van der Waals surface area contributed by atoms with Crippen LogP contribution in [0.5, 0.6) is 0 Å². The molecule has 0 spiro atoms. The second-order valence-corrected chi connectivity index (χ2v) is 5.75. The molecule has 116 valence electrons. The van der Waals surface area contributed by atoms with Crippen LogP contribution in [0, 0.1) is 16.7 Å². The Morgan fingerprint density at radius 1 is 1.23 bits per heavy atom. The van der Waals surface area contributed by atoms with Crippen molar-refractivity contribution < 1.29 is 14.3 Å². The number of rotatable bonds is 3. The van der Waals surface area contributed by atoms with Crippen molar-refractivity contribution in [2.75, 3.05) is 37.1 Å². The van der Waals surface area contributed by atoms with E-state index in [-0.39, 0.29) is 11.8 Å². The van der Waals surface area contributed by atoms with Crippen molar-refractivity contribution in [3.05, 3.63) is 23.8 Å². The van der Waals surface area contributed by atoms with E-state index in [4.69, 9.17) is 10.00 Å². The molecule has 2 rings (SSSR count). The molecule has 2 amide bonds. The zero-order valence-electron chi connectivity index (χ0n) is 13.2. The van der Waals surface area contributed by atoms with E-state index in [0.29, 0.717) is 30.1 Å². The van der Waals surface area contributed by atoms with Crippen LogP contribution >= 0.6 is 0 Å². The van der Waals surface area contributed by atoms with Gasteiger partial charge in [0.15, 0.2) is 0 Å². The van der Waals surface area contributed by atoms with Crippen molar-refractivity contribution in [1.29, 1.82) is 5.26 Å². The van der Waals surface area contributed by atoms with Crippen LogP contribution in [0.1, 0.15) is 19.4 Å². The summed E-state index contributed by atoms with van der Waals surface area (Å²) >= 11 is 0.